The van der Waals surface area contributed by atoms with Crippen molar-refractivity contribution in [2.75, 3.05) is 13.2 Å². The van der Waals surface area contributed by atoms with Gasteiger partial charge in [-0.2, -0.15) is 10.4 Å². The first-order valence-corrected chi connectivity index (χ1v) is 14.3. The summed E-state index contributed by atoms with van der Waals surface area (Å²) in [5.74, 6) is 3.56. The first-order valence-electron chi connectivity index (χ1n) is 14.3. The van der Waals surface area contributed by atoms with Gasteiger partial charge < -0.3 is 9.84 Å². The van der Waals surface area contributed by atoms with E-state index >= 15 is 0 Å². The van der Waals surface area contributed by atoms with Crippen LogP contribution >= 0.6 is 0 Å². The lowest BCUT2D eigenvalue weighted by molar-refractivity contribution is -0.176. The number of allylic oxidation sites excluding steroid dienone is 2. The highest BCUT2D eigenvalue weighted by Gasteiger charge is 2.65. The molecule has 0 spiro atoms. The third-order valence-electron chi connectivity index (χ3n) is 11.2. The number of aliphatic hydroxyl groups is 1. The van der Waals surface area contributed by atoms with E-state index < -0.39 is 5.60 Å². The highest BCUT2D eigenvalue weighted by Crippen LogP contribution is 2.72. The molecule has 1 N–H and O–H groups in total. The third kappa shape index (κ3) is 3.72. The van der Waals surface area contributed by atoms with Crippen molar-refractivity contribution in [2.24, 2.45) is 40.4 Å². The van der Waals surface area contributed by atoms with Crippen LogP contribution in [0.1, 0.15) is 83.7 Å². The maximum Gasteiger partial charge on any atom is 0.180 e. The molecule has 4 saturated carbocycles. The number of hydrogen-bond donors (Lipinski definition) is 1. The summed E-state index contributed by atoms with van der Waals surface area (Å²) in [6.07, 6.45) is 15.4. The molecule has 6 heteroatoms. The lowest BCUT2D eigenvalue weighted by Gasteiger charge is -2.63. The van der Waals surface area contributed by atoms with E-state index in [1.807, 2.05) is 13.0 Å². The monoisotopic (exact) mass is 491 g/mol. The van der Waals surface area contributed by atoms with Gasteiger partial charge in [-0.3, -0.25) is 9.48 Å². The number of Topliss-reactive ketones (excluding diaryl/α,β-unsaturated/α-hetero) is 1. The van der Waals surface area contributed by atoms with E-state index in [4.69, 9.17) is 10.00 Å². The van der Waals surface area contributed by atoms with Crippen LogP contribution in [-0.4, -0.2) is 39.5 Å². The Morgan fingerprint density at radius 2 is 2.00 bits per heavy atom. The summed E-state index contributed by atoms with van der Waals surface area (Å²) in [4.78, 5) is 13.4. The molecule has 0 radical (unpaired) electrons. The molecule has 36 heavy (non-hydrogen) atoms. The average Bonchev–Trinajstić information content (AvgIpc) is 3.53. The Morgan fingerprint density at radius 1 is 1.19 bits per heavy atom. The number of ketones is 1. The molecule has 0 aromatic carbocycles. The fourth-order valence-electron chi connectivity index (χ4n) is 9.64. The van der Waals surface area contributed by atoms with Crippen LogP contribution in [0, 0.1) is 51.8 Å². The molecule has 5 aliphatic carbocycles. The fourth-order valence-corrected chi connectivity index (χ4v) is 9.64. The number of aromatic nitrogens is 2. The van der Waals surface area contributed by atoms with Gasteiger partial charge in [0.05, 0.1) is 12.2 Å². The molecule has 1 aromatic heterocycles. The van der Waals surface area contributed by atoms with Crippen molar-refractivity contribution in [2.45, 2.75) is 90.2 Å². The molecule has 1 heterocycles. The van der Waals surface area contributed by atoms with Crippen molar-refractivity contribution in [3.05, 3.63) is 29.6 Å². The van der Waals surface area contributed by atoms with Crippen LogP contribution in [0.5, 0.6) is 0 Å². The Hall–Kier alpha value is -1.97. The number of carbonyl (C=O) groups excluding carboxylic acids is 1. The zero-order chi connectivity index (χ0) is 25.1. The molecule has 0 bridgehead atoms. The van der Waals surface area contributed by atoms with Crippen molar-refractivity contribution in [1.29, 1.82) is 5.26 Å². The predicted molar refractivity (Wildman–Crippen MR) is 136 cm³/mol. The van der Waals surface area contributed by atoms with Gasteiger partial charge in [0.15, 0.2) is 11.5 Å². The molecule has 1 unspecified atom stereocenters. The van der Waals surface area contributed by atoms with Crippen LogP contribution in [0.4, 0.5) is 0 Å². The number of nitriles is 1. The van der Waals surface area contributed by atoms with Gasteiger partial charge in [0, 0.05) is 12.8 Å². The molecular formula is C30H41N3O3. The van der Waals surface area contributed by atoms with Crippen LogP contribution < -0.4 is 0 Å². The zero-order valence-electron chi connectivity index (χ0n) is 21.9. The van der Waals surface area contributed by atoms with E-state index in [2.05, 4.69) is 18.1 Å². The molecule has 4 fully saturated rings. The summed E-state index contributed by atoms with van der Waals surface area (Å²) in [6, 6.07) is 3.72. The van der Waals surface area contributed by atoms with Crippen LogP contribution in [0.3, 0.4) is 0 Å². The summed E-state index contributed by atoms with van der Waals surface area (Å²) in [7, 11) is 0. The van der Waals surface area contributed by atoms with Gasteiger partial charge in [-0.25, -0.2) is 0 Å². The van der Waals surface area contributed by atoms with E-state index in [1.54, 1.807) is 16.9 Å². The maximum atomic E-state index is 13.4. The van der Waals surface area contributed by atoms with Crippen LogP contribution in [-0.2, 0) is 16.1 Å². The fraction of sp³-hybridized carbons (Fsp3) is 0.767. The average molecular weight is 492 g/mol. The Morgan fingerprint density at radius 3 is 2.72 bits per heavy atom. The van der Waals surface area contributed by atoms with Crippen LogP contribution in [0.15, 0.2) is 23.9 Å². The van der Waals surface area contributed by atoms with Gasteiger partial charge in [0.1, 0.15) is 12.6 Å². The summed E-state index contributed by atoms with van der Waals surface area (Å²) in [5.41, 5.74) is 1.05. The summed E-state index contributed by atoms with van der Waals surface area (Å²) in [5, 5.41) is 24.7. The minimum atomic E-state index is -0.651. The quantitative estimate of drug-likeness (QED) is 0.576. The Labute approximate surface area is 215 Å². The molecule has 194 valence electrons. The lowest BCUT2D eigenvalue weighted by Crippen LogP contribution is -2.58. The first-order chi connectivity index (χ1) is 17.3. The lowest BCUT2D eigenvalue weighted by atomic mass is 9.42. The van der Waals surface area contributed by atoms with Crippen LogP contribution in [0.2, 0.25) is 0 Å². The second-order valence-electron chi connectivity index (χ2n) is 12.8. The van der Waals surface area contributed by atoms with Gasteiger partial charge in [0.2, 0.25) is 0 Å². The topological polar surface area (TPSA) is 88.1 Å². The molecule has 0 saturated heterocycles. The van der Waals surface area contributed by atoms with E-state index in [9.17, 15) is 9.90 Å². The first kappa shape index (κ1) is 24.4. The van der Waals surface area contributed by atoms with Crippen molar-refractivity contribution in [3.8, 4) is 6.07 Å². The minimum absolute atomic E-state index is 0.0502. The van der Waals surface area contributed by atoms with E-state index in [0.29, 0.717) is 42.1 Å². The summed E-state index contributed by atoms with van der Waals surface area (Å²) < 4.78 is 7.33. The molecule has 0 aliphatic heterocycles. The highest BCUT2D eigenvalue weighted by atomic mass is 16.5. The molecule has 7 atom stereocenters. The standard InChI is InChI=1S/C30H41N3O3/c1-3-36-19-29(35)13-14-30(20-4-5-20)21(16-29)6-7-23-24-8-9-26(28(24,2)12-10-25(23)30)27(34)18-33-15-11-22(17-31)32-33/h9,11,15,20-21,23-25,35H,3-8,10,12-14,16,18-19H2,1-2H3/t21-,23+,24+,25+,28+,29-,30?/m1/s1. The molecule has 0 amide bonds. The highest BCUT2D eigenvalue weighted by molar-refractivity contribution is 5.97. The second-order valence-corrected chi connectivity index (χ2v) is 12.8. The van der Waals surface area contributed by atoms with Gasteiger partial charge in [-0.1, -0.05) is 13.0 Å². The summed E-state index contributed by atoms with van der Waals surface area (Å²) in [6.45, 7) is 5.73. The molecule has 1 aromatic rings. The number of ether oxygens (including phenoxy) is 1. The van der Waals surface area contributed by atoms with Crippen molar-refractivity contribution in [3.63, 3.8) is 0 Å². The molecular weight excluding hydrogens is 450 g/mol. The van der Waals surface area contributed by atoms with Gasteiger partial charge in [-0.15, -0.1) is 0 Å². The van der Waals surface area contributed by atoms with E-state index in [0.717, 1.165) is 49.5 Å². The predicted octanol–water partition coefficient (Wildman–Crippen LogP) is 5.06. The van der Waals surface area contributed by atoms with Crippen molar-refractivity contribution < 1.29 is 14.6 Å². The van der Waals surface area contributed by atoms with E-state index in [-0.39, 0.29) is 17.7 Å². The number of carbonyl (C=O) groups is 1. The minimum Gasteiger partial charge on any atom is -0.387 e. The Bertz CT molecular complexity index is 1100. The molecule has 5 aliphatic rings. The number of hydrogen-bond acceptors (Lipinski definition) is 5. The molecule has 6 nitrogen and oxygen atoms in total. The van der Waals surface area contributed by atoms with Crippen molar-refractivity contribution >= 4 is 5.78 Å². The number of fused-ring (bicyclic) bond motifs is 5. The van der Waals surface area contributed by atoms with Crippen molar-refractivity contribution in [1.82, 2.24) is 9.78 Å². The summed E-state index contributed by atoms with van der Waals surface area (Å²) >= 11 is 0. The van der Waals surface area contributed by atoms with Gasteiger partial charge in [0.25, 0.3) is 0 Å². The number of rotatable bonds is 7. The smallest absolute Gasteiger partial charge is 0.180 e. The van der Waals surface area contributed by atoms with Crippen LogP contribution in [0.25, 0.3) is 0 Å². The molecule has 6 rings (SSSR count). The maximum absolute atomic E-state index is 13.4. The van der Waals surface area contributed by atoms with Gasteiger partial charge >= 0.3 is 0 Å². The Balaban J connectivity index is 1.21. The van der Waals surface area contributed by atoms with E-state index in [1.165, 1.54) is 32.1 Å². The third-order valence-corrected chi connectivity index (χ3v) is 11.2. The van der Waals surface area contributed by atoms with Gasteiger partial charge in [-0.05, 0) is 123 Å². The number of nitrogens with zero attached hydrogens (tertiary/aromatic N) is 3. The SMILES string of the molecule is CCOC[C@@]1(O)CCC2(C3CC3)[C@H](CC[C@@H]3[C@@H]2CC[C@]2(C)C(C(=O)Cn4ccc(C#N)n4)=CC[C@@H]32)C1. The largest absolute Gasteiger partial charge is 0.387 e. The Kier molecular flexibility index (Phi) is 5.96. The normalized spacial score (nSPS) is 41.6. The zero-order valence-corrected chi connectivity index (χ0v) is 21.9. The second kappa shape index (κ2) is 8.81.